The fourth-order valence-corrected chi connectivity index (χ4v) is 5.07. The summed E-state index contributed by atoms with van der Waals surface area (Å²) in [7, 11) is 0. The van der Waals surface area contributed by atoms with Crippen LogP contribution < -0.4 is 10.9 Å². The Hall–Kier alpha value is -1.89. The lowest BCUT2D eigenvalue weighted by molar-refractivity contribution is 0.170. The number of phenols is 1. The molecule has 4 rings (SSSR count). The number of aliphatic hydroxyl groups is 1. The number of aromatic hydroxyl groups is 1. The van der Waals surface area contributed by atoms with Gasteiger partial charge in [0.25, 0.3) is 0 Å². The van der Waals surface area contributed by atoms with Crippen LogP contribution in [0.3, 0.4) is 0 Å². The van der Waals surface area contributed by atoms with Crippen molar-refractivity contribution < 1.29 is 10.2 Å². The number of aromatic nitrogens is 1. The number of phenolic OH excluding ortho intramolecular Hbond substituents is 1. The molecule has 0 radical (unpaired) electrons. The van der Waals surface area contributed by atoms with E-state index in [0.29, 0.717) is 23.5 Å². The number of hydrogen-bond donors (Lipinski definition) is 4. The molecule has 2 aromatic rings. The molecule has 1 aliphatic heterocycles. The van der Waals surface area contributed by atoms with Gasteiger partial charge in [-0.3, -0.25) is 4.79 Å². The summed E-state index contributed by atoms with van der Waals surface area (Å²) in [5.74, 6) is 1.59. The topological polar surface area (TPSA) is 88.6 Å². The standard InChI is InChI=1S/C22H31N3O3/c1-2-3-8-25-12-14-9-16(10-15(14)13-25)23-11-20(27)17-4-6-19(26)22-18(17)5-7-21(28)24-22/h4-7,14-16,20,23,26-27H,2-3,8-13H2,1H3,(H,24,28)/t14-,15+,16?,20-/m0/s1. The van der Waals surface area contributed by atoms with E-state index in [2.05, 4.69) is 22.1 Å². The molecule has 0 amide bonds. The maximum atomic E-state index is 11.5. The zero-order valence-corrected chi connectivity index (χ0v) is 16.5. The van der Waals surface area contributed by atoms with E-state index in [4.69, 9.17) is 0 Å². The maximum absolute atomic E-state index is 11.5. The van der Waals surface area contributed by atoms with Crippen LogP contribution in [0, 0.1) is 11.8 Å². The number of hydrogen-bond acceptors (Lipinski definition) is 5. The zero-order chi connectivity index (χ0) is 19.7. The second-order valence-corrected chi connectivity index (χ2v) is 8.51. The Morgan fingerprint density at radius 2 is 1.96 bits per heavy atom. The number of nitrogens with one attached hydrogen (secondary N) is 2. The fraction of sp³-hybridized carbons (Fsp3) is 0.591. The van der Waals surface area contributed by atoms with Gasteiger partial charge < -0.3 is 25.4 Å². The minimum atomic E-state index is -0.685. The fourth-order valence-electron chi connectivity index (χ4n) is 5.07. The van der Waals surface area contributed by atoms with Gasteiger partial charge in [0.05, 0.1) is 11.6 Å². The third kappa shape index (κ3) is 3.95. The van der Waals surface area contributed by atoms with Gasteiger partial charge in [0.2, 0.25) is 5.56 Å². The highest BCUT2D eigenvalue weighted by atomic mass is 16.3. The van der Waals surface area contributed by atoms with Crippen molar-refractivity contribution in [2.45, 2.75) is 44.8 Å². The molecule has 4 atom stereocenters. The Kier molecular flexibility index (Phi) is 5.71. The monoisotopic (exact) mass is 385 g/mol. The summed E-state index contributed by atoms with van der Waals surface area (Å²) in [6.45, 7) is 6.40. The summed E-state index contributed by atoms with van der Waals surface area (Å²) in [6.07, 6.45) is 4.23. The first kappa shape index (κ1) is 19.4. The normalized spacial score (nSPS) is 26.0. The summed E-state index contributed by atoms with van der Waals surface area (Å²) in [5, 5.41) is 25.0. The lowest BCUT2D eigenvalue weighted by Gasteiger charge is -2.21. The van der Waals surface area contributed by atoms with Gasteiger partial charge in [-0.25, -0.2) is 0 Å². The van der Waals surface area contributed by atoms with Crippen LogP contribution >= 0.6 is 0 Å². The van der Waals surface area contributed by atoms with E-state index in [1.54, 1.807) is 12.1 Å². The number of likely N-dealkylation sites (tertiary alicyclic amines) is 1. The van der Waals surface area contributed by atoms with Crippen molar-refractivity contribution >= 4 is 10.9 Å². The van der Waals surface area contributed by atoms with E-state index >= 15 is 0 Å². The van der Waals surface area contributed by atoms with Crippen molar-refractivity contribution in [1.29, 1.82) is 0 Å². The Morgan fingerprint density at radius 1 is 1.21 bits per heavy atom. The molecule has 2 heterocycles. The van der Waals surface area contributed by atoms with Crippen molar-refractivity contribution in [3.8, 4) is 5.75 Å². The lowest BCUT2D eigenvalue weighted by Crippen LogP contribution is -2.33. The van der Waals surface area contributed by atoms with Crippen molar-refractivity contribution in [3.05, 3.63) is 40.2 Å². The van der Waals surface area contributed by atoms with Crippen molar-refractivity contribution in [1.82, 2.24) is 15.2 Å². The van der Waals surface area contributed by atoms with E-state index < -0.39 is 6.10 Å². The molecular formula is C22H31N3O3. The third-order valence-corrected chi connectivity index (χ3v) is 6.52. The number of fused-ring (bicyclic) bond motifs is 2. The molecular weight excluding hydrogens is 354 g/mol. The first-order valence-electron chi connectivity index (χ1n) is 10.5. The van der Waals surface area contributed by atoms with Gasteiger partial charge in [-0.1, -0.05) is 19.4 Å². The number of aromatic amines is 1. The summed E-state index contributed by atoms with van der Waals surface area (Å²) in [4.78, 5) is 16.8. The Morgan fingerprint density at radius 3 is 2.68 bits per heavy atom. The van der Waals surface area contributed by atoms with Crippen molar-refractivity contribution in [3.63, 3.8) is 0 Å². The van der Waals surface area contributed by atoms with Crippen LogP contribution in [0.1, 0.15) is 44.3 Å². The summed E-state index contributed by atoms with van der Waals surface area (Å²) >= 11 is 0. The van der Waals surface area contributed by atoms with Crippen molar-refractivity contribution in [2.75, 3.05) is 26.2 Å². The Labute approximate surface area is 165 Å². The molecule has 4 N–H and O–H groups in total. The molecule has 2 fully saturated rings. The van der Waals surface area contributed by atoms with E-state index in [0.717, 1.165) is 17.4 Å². The third-order valence-electron chi connectivity index (χ3n) is 6.52. The van der Waals surface area contributed by atoms with Crippen LogP contribution in [0.2, 0.25) is 0 Å². The molecule has 6 heteroatoms. The predicted molar refractivity (Wildman–Crippen MR) is 111 cm³/mol. The van der Waals surface area contributed by atoms with E-state index in [1.807, 2.05) is 0 Å². The highest BCUT2D eigenvalue weighted by Crippen LogP contribution is 2.38. The summed E-state index contributed by atoms with van der Waals surface area (Å²) in [5.41, 5.74) is 0.838. The molecule has 1 aromatic carbocycles. The van der Waals surface area contributed by atoms with Crippen LogP contribution in [-0.2, 0) is 0 Å². The number of pyridine rings is 1. The zero-order valence-electron chi connectivity index (χ0n) is 16.5. The minimum Gasteiger partial charge on any atom is -0.506 e. The Balaban J connectivity index is 1.35. The van der Waals surface area contributed by atoms with Crippen LogP contribution in [-0.4, -0.2) is 52.3 Å². The molecule has 0 bridgehead atoms. The number of H-pyrrole nitrogens is 1. The molecule has 1 aromatic heterocycles. The molecule has 1 unspecified atom stereocenters. The molecule has 1 aliphatic carbocycles. The number of aliphatic hydroxyl groups excluding tert-OH is 1. The number of benzene rings is 1. The number of nitrogens with zero attached hydrogens (tertiary/aromatic N) is 1. The smallest absolute Gasteiger partial charge is 0.248 e. The van der Waals surface area contributed by atoms with Gasteiger partial charge in [0, 0.05) is 37.1 Å². The second kappa shape index (κ2) is 8.23. The summed E-state index contributed by atoms with van der Waals surface area (Å²) < 4.78 is 0. The van der Waals surface area contributed by atoms with Crippen LogP contribution in [0.25, 0.3) is 10.9 Å². The Bertz CT molecular complexity index is 867. The molecule has 0 spiro atoms. The van der Waals surface area contributed by atoms with Crippen LogP contribution in [0.5, 0.6) is 5.75 Å². The highest BCUT2D eigenvalue weighted by molar-refractivity contribution is 5.87. The lowest BCUT2D eigenvalue weighted by atomic mass is 10.0. The molecule has 6 nitrogen and oxygen atoms in total. The van der Waals surface area contributed by atoms with Gasteiger partial charge in [-0.15, -0.1) is 0 Å². The number of rotatable bonds is 7. The maximum Gasteiger partial charge on any atom is 0.248 e. The quantitative estimate of drug-likeness (QED) is 0.588. The van der Waals surface area contributed by atoms with Gasteiger partial charge in [0.15, 0.2) is 0 Å². The number of unbranched alkanes of at least 4 members (excludes halogenated alkanes) is 1. The average molecular weight is 386 g/mol. The highest BCUT2D eigenvalue weighted by Gasteiger charge is 2.40. The van der Waals surface area contributed by atoms with Crippen LogP contribution in [0.4, 0.5) is 0 Å². The van der Waals surface area contributed by atoms with Crippen LogP contribution in [0.15, 0.2) is 29.1 Å². The van der Waals surface area contributed by atoms with E-state index in [-0.39, 0.29) is 11.3 Å². The summed E-state index contributed by atoms with van der Waals surface area (Å²) in [6, 6.07) is 6.81. The van der Waals surface area contributed by atoms with E-state index in [1.165, 1.54) is 57.5 Å². The SMILES string of the molecule is CCCCN1C[C@H]2CC(NC[C@H](O)c3ccc(O)c4[nH]c(=O)ccc34)C[C@H]2C1. The molecule has 2 aliphatic rings. The predicted octanol–water partition coefficient (Wildman–Crippen LogP) is 2.37. The van der Waals surface area contributed by atoms with Gasteiger partial charge in [0.1, 0.15) is 5.75 Å². The van der Waals surface area contributed by atoms with Gasteiger partial charge in [-0.2, -0.15) is 0 Å². The first-order chi connectivity index (χ1) is 13.5. The molecule has 1 saturated heterocycles. The molecule has 28 heavy (non-hydrogen) atoms. The van der Waals surface area contributed by atoms with Crippen molar-refractivity contribution in [2.24, 2.45) is 11.8 Å². The minimum absolute atomic E-state index is 0.0212. The second-order valence-electron chi connectivity index (χ2n) is 8.51. The largest absolute Gasteiger partial charge is 0.506 e. The molecule has 1 saturated carbocycles. The van der Waals surface area contributed by atoms with Gasteiger partial charge in [-0.05, 0) is 55.3 Å². The average Bonchev–Trinajstić information content (AvgIpc) is 3.23. The molecule has 152 valence electrons. The van der Waals surface area contributed by atoms with Gasteiger partial charge >= 0.3 is 0 Å². The van der Waals surface area contributed by atoms with E-state index in [9.17, 15) is 15.0 Å². The first-order valence-corrected chi connectivity index (χ1v) is 10.5.